The number of hydrogen-bond donors (Lipinski definition) is 2. The minimum absolute atomic E-state index is 0.608. The summed E-state index contributed by atoms with van der Waals surface area (Å²) < 4.78 is 0. The highest BCUT2D eigenvalue weighted by atomic mass is 14.9. The van der Waals surface area contributed by atoms with E-state index in [-0.39, 0.29) is 0 Å². The first-order chi connectivity index (χ1) is 11.1. The lowest BCUT2D eigenvalue weighted by Gasteiger charge is -2.08. The Kier molecular flexibility index (Phi) is 4.22. The van der Waals surface area contributed by atoms with Crippen LogP contribution < -0.4 is 0 Å². The Morgan fingerprint density at radius 2 is 2.13 bits per heavy atom. The molecular formula is C20H19N3. The van der Waals surface area contributed by atoms with E-state index in [2.05, 4.69) is 34.4 Å². The number of aromatic nitrogens is 2. The number of hydrogen-bond acceptors (Lipinski definition) is 2. The maximum Gasteiger partial charge on any atom is 0.0931 e. The van der Waals surface area contributed by atoms with Gasteiger partial charge in [-0.1, -0.05) is 24.8 Å². The van der Waals surface area contributed by atoms with E-state index in [0.29, 0.717) is 12.1 Å². The van der Waals surface area contributed by atoms with Crippen LogP contribution in [-0.2, 0) is 0 Å². The van der Waals surface area contributed by atoms with E-state index in [0.717, 1.165) is 34.2 Å². The topological polar surface area (TPSA) is 52.5 Å². The predicted molar refractivity (Wildman–Crippen MR) is 95.8 cm³/mol. The first-order valence-electron chi connectivity index (χ1n) is 7.63. The normalized spacial score (nSPS) is 13.6. The molecule has 2 N–H and O–H groups in total. The fourth-order valence-corrected chi connectivity index (χ4v) is 2.48. The Labute approximate surface area is 136 Å². The van der Waals surface area contributed by atoms with Crippen LogP contribution in [0.3, 0.4) is 0 Å². The number of nitrogens with one attached hydrogen (secondary N) is 2. The number of aromatic amines is 1. The fourth-order valence-electron chi connectivity index (χ4n) is 2.48. The molecule has 3 rings (SSSR count). The highest BCUT2D eigenvalue weighted by molar-refractivity contribution is 6.00. The van der Waals surface area contributed by atoms with Crippen LogP contribution in [0.2, 0.25) is 0 Å². The molecule has 1 aliphatic carbocycles. The second-order valence-corrected chi connectivity index (χ2v) is 5.70. The van der Waals surface area contributed by atoms with Crippen molar-refractivity contribution in [2.24, 2.45) is 0 Å². The van der Waals surface area contributed by atoms with E-state index >= 15 is 0 Å². The Bertz CT molecular complexity index is 900. The van der Waals surface area contributed by atoms with Gasteiger partial charge in [0.2, 0.25) is 0 Å². The number of H-pyrrole nitrogens is 1. The van der Waals surface area contributed by atoms with Crippen LogP contribution in [0.5, 0.6) is 0 Å². The molecule has 0 unspecified atom stereocenters. The summed E-state index contributed by atoms with van der Waals surface area (Å²) in [4.78, 5) is 7.31. The Morgan fingerprint density at radius 3 is 3.00 bits per heavy atom. The van der Waals surface area contributed by atoms with Gasteiger partial charge in [0.1, 0.15) is 0 Å². The smallest absolute Gasteiger partial charge is 0.0931 e. The van der Waals surface area contributed by atoms with E-state index < -0.39 is 0 Å². The minimum Gasteiger partial charge on any atom is -0.345 e. The molecule has 3 heteroatoms. The standard InChI is InChI=1S/C20H19N3/c1-14-4-3-5-16(8-6-14)15(2)7-10-18(21)17-9-11-19-20(12-17)23-13-22-19/h4-6,8-9,11-13,21H,2,7,10H2,1H3,(H,22,23). The minimum atomic E-state index is 0.608. The molecule has 0 atom stereocenters. The zero-order valence-corrected chi connectivity index (χ0v) is 13.2. The van der Waals surface area contributed by atoms with Gasteiger partial charge in [0, 0.05) is 5.71 Å². The summed E-state index contributed by atoms with van der Waals surface area (Å²) in [7, 11) is 0. The fraction of sp³-hybridized carbons (Fsp3) is 0.150. The van der Waals surface area contributed by atoms with Gasteiger partial charge in [-0.2, -0.15) is 0 Å². The first-order valence-corrected chi connectivity index (χ1v) is 7.63. The Morgan fingerprint density at radius 1 is 1.26 bits per heavy atom. The van der Waals surface area contributed by atoms with E-state index in [1.165, 1.54) is 5.57 Å². The van der Waals surface area contributed by atoms with E-state index in [9.17, 15) is 0 Å². The van der Waals surface area contributed by atoms with Gasteiger partial charge in [0.15, 0.2) is 0 Å². The van der Waals surface area contributed by atoms with Crippen LogP contribution in [0.25, 0.3) is 11.0 Å². The summed E-state index contributed by atoms with van der Waals surface area (Å²) >= 11 is 0. The summed E-state index contributed by atoms with van der Waals surface area (Å²) in [5, 5.41) is 8.30. The summed E-state index contributed by atoms with van der Waals surface area (Å²) in [6.45, 7) is 6.20. The van der Waals surface area contributed by atoms with Gasteiger partial charge in [0.05, 0.1) is 17.4 Å². The molecule has 0 fully saturated rings. The number of nitrogens with zero attached hydrogens (tertiary/aromatic N) is 1. The van der Waals surface area contributed by atoms with Gasteiger partial charge in [-0.25, -0.2) is 4.98 Å². The van der Waals surface area contributed by atoms with E-state index in [1.807, 2.05) is 37.3 Å². The van der Waals surface area contributed by atoms with Gasteiger partial charge in [-0.15, -0.1) is 5.73 Å². The van der Waals surface area contributed by atoms with Crippen molar-refractivity contribution in [3.05, 3.63) is 83.4 Å². The summed E-state index contributed by atoms with van der Waals surface area (Å²) in [6, 6.07) is 5.89. The van der Waals surface area contributed by atoms with Gasteiger partial charge in [0.25, 0.3) is 0 Å². The molecule has 1 aliphatic rings. The summed E-state index contributed by atoms with van der Waals surface area (Å²) in [5.74, 6) is 0. The average molecular weight is 301 g/mol. The second kappa shape index (κ2) is 6.47. The lowest BCUT2D eigenvalue weighted by atomic mass is 9.98. The van der Waals surface area contributed by atoms with Crippen LogP contribution in [0.4, 0.5) is 0 Å². The molecule has 0 saturated carbocycles. The Hall–Kier alpha value is -2.90. The van der Waals surface area contributed by atoms with Crippen molar-refractivity contribution in [1.29, 1.82) is 5.41 Å². The molecule has 3 nitrogen and oxygen atoms in total. The first kappa shape index (κ1) is 15.0. The molecule has 0 radical (unpaired) electrons. The maximum atomic E-state index is 8.30. The van der Waals surface area contributed by atoms with Crippen molar-refractivity contribution >= 4 is 16.7 Å². The van der Waals surface area contributed by atoms with Crippen molar-refractivity contribution in [3.8, 4) is 0 Å². The molecule has 0 spiro atoms. The quantitative estimate of drug-likeness (QED) is 0.601. The molecule has 23 heavy (non-hydrogen) atoms. The number of benzene rings is 1. The van der Waals surface area contributed by atoms with Crippen LogP contribution in [0.1, 0.15) is 25.3 Å². The zero-order valence-electron chi connectivity index (χ0n) is 13.2. The third-order valence-corrected chi connectivity index (χ3v) is 3.93. The molecule has 1 heterocycles. The lowest BCUT2D eigenvalue weighted by molar-refractivity contribution is 1.03. The van der Waals surface area contributed by atoms with Crippen molar-refractivity contribution < 1.29 is 0 Å². The van der Waals surface area contributed by atoms with Crippen molar-refractivity contribution in [2.45, 2.75) is 19.8 Å². The molecule has 2 aromatic rings. The monoisotopic (exact) mass is 301 g/mol. The predicted octanol–water partition coefficient (Wildman–Crippen LogP) is 4.86. The van der Waals surface area contributed by atoms with E-state index in [1.54, 1.807) is 6.33 Å². The van der Waals surface area contributed by atoms with Crippen LogP contribution >= 0.6 is 0 Å². The second-order valence-electron chi connectivity index (χ2n) is 5.70. The number of fused-ring (bicyclic) bond motifs is 1. The van der Waals surface area contributed by atoms with Gasteiger partial charge < -0.3 is 10.4 Å². The lowest BCUT2D eigenvalue weighted by Crippen LogP contribution is -2.00. The van der Waals surface area contributed by atoms with Crippen molar-refractivity contribution in [1.82, 2.24) is 9.97 Å². The van der Waals surface area contributed by atoms with Gasteiger partial charge in [-0.3, -0.25) is 0 Å². The Balaban J connectivity index is 1.66. The van der Waals surface area contributed by atoms with Gasteiger partial charge >= 0.3 is 0 Å². The van der Waals surface area contributed by atoms with E-state index in [4.69, 9.17) is 5.41 Å². The highest BCUT2D eigenvalue weighted by Gasteiger charge is 2.07. The maximum absolute atomic E-state index is 8.30. The molecule has 0 amide bonds. The van der Waals surface area contributed by atoms with Gasteiger partial charge in [-0.05, 0) is 66.3 Å². The third kappa shape index (κ3) is 3.47. The molecular weight excluding hydrogens is 282 g/mol. The molecule has 114 valence electrons. The van der Waals surface area contributed by atoms with Crippen LogP contribution in [0.15, 0.2) is 77.9 Å². The molecule has 0 aliphatic heterocycles. The number of imidazole rings is 1. The molecule has 1 aromatic carbocycles. The van der Waals surface area contributed by atoms with Crippen LogP contribution in [0, 0.1) is 5.41 Å². The number of rotatable bonds is 5. The SMILES string of the molecule is C=C(CCC(=N)c1ccc2[nH]cnc2c1)C1=CC=C(C)C=C=C1. The summed E-state index contributed by atoms with van der Waals surface area (Å²) in [5.41, 5.74) is 9.84. The molecule has 1 aromatic heterocycles. The van der Waals surface area contributed by atoms with Crippen molar-refractivity contribution in [2.75, 3.05) is 0 Å². The van der Waals surface area contributed by atoms with Crippen molar-refractivity contribution in [3.63, 3.8) is 0 Å². The van der Waals surface area contributed by atoms with Crippen LogP contribution in [-0.4, -0.2) is 15.7 Å². The third-order valence-electron chi connectivity index (χ3n) is 3.93. The highest BCUT2D eigenvalue weighted by Crippen LogP contribution is 2.20. The summed E-state index contributed by atoms with van der Waals surface area (Å²) in [6.07, 6.45) is 11.1. The average Bonchev–Trinajstić information content (AvgIpc) is 2.92. The zero-order chi connectivity index (χ0) is 16.2. The molecule has 0 bridgehead atoms. The number of allylic oxidation sites excluding steroid dienone is 6. The molecule has 0 saturated heterocycles. The largest absolute Gasteiger partial charge is 0.345 e.